The van der Waals surface area contributed by atoms with Crippen LogP contribution in [0.25, 0.3) is 21.6 Å². The van der Waals surface area contributed by atoms with Gasteiger partial charge < -0.3 is 9.72 Å². The highest BCUT2D eigenvalue weighted by Crippen LogP contribution is 2.29. The molecule has 0 saturated heterocycles. The second-order valence-electron chi connectivity index (χ2n) is 6.58. The lowest BCUT2D eigenvalue weighted by atomic mass is 10.1. The smallest absolute Gasteiger partial charge is 0.349 e. The summed E-state index contributed by atoms with van der Waals surface area (Å²) in [5, 5.41) is 0.438. The lowest BCUT2D eigenvalue weighted by Crippen LogP contribution is -2.10. The Morgan fingerprint density at radius 3 is 2.64 bits per heavy atom. The standard InChI is InChI=1S/C22H18N2O3S/c1-13-7-6-10-16(11-13)19-23-20(25)17-14(2)18(28-21(17)24-19)22(26)27-12-15-8-4-3-5-9-15/h3-11H,12H2,1-2H3,(H,23,24,25). The molecule has 6 heteroatoms. The number of esters is 1. The third kappa shape index (κ3) is 3.46. The zero-order chi connectivity index (χ0) is 19.7. The number of benzene rings is 2. The lowest BCUT2D eigenvalue weighted by molar-refractivity contribution is 0.0478. The minimum atomic E-state index is -0.444. The fraction of sp³-hybridized carbons (Fsp3) is 0.136. The van der Waals surface area contributed by atoms with Crippen LogP contribution in [0.1, 0.15) is 26.4 Å². The van der Waals surface area contributed by atoms with Crippen LogP contribution < -0.4 is 5.56 Å². The number of nitrogens with zero attached hydrogens (tertiary/aromatic N) is 1. The van der Waals surface area contributed by atoms with Crippen molar-refractivity contribution in [3.8, 4) is 11.4 Å². The number of ether oxygens (including phenoxy) is 1. The van der Waals surface area contributed by atoms with Gasteiger partial charge in [0.25, 0.3) is 5.56 Å². The lowest BCUT2D eigenvalue weighted by Gasteiger charge is -2.03. The number of aromatic amines is 1. The van der Waals surface area contributed by atoms with Crippen molar-refractivity contribution in [2.75, 3.05) is 0 Å². The van der Waals surface area contributed by atoms with Gasteiger partial charge in [-0.3, -0.25) is 4.79 Å². The van der Waals surface area contributed by atoms with Crippen LogP contribution in [-0.4, -0.2) is 15.9 Å². The molecule has 0 atom stereocenters. The van der Waals surface area contributed by atoms with Gasteiger partial charge in [-0.05, 0) is 31.0 Å². The van der Waals surface area contributed by atoms with Gasteiger partial charge in [0.15, 0.2) is 0 Å². The number of aromatic nitrogens is 2. The Morgan fingerprint density at radius 1 is 1.11 bits per heavy atom. The molecule has 5 nitrogen and oxygen atoms in total. The highest BCUT2D eigenvalue weighted by Gasteiger charge is 2.20. The molecular weight excluding hydrogens is 372 g/mol. The van der Waals surface area contributed by atoms with Crippen molar-refractivity contribution in [2.24, 2.45) is 0 Å². The van der Waals surface area contributed by atoms with E-state index in [1.165, 1.54) is 11.3 Å². The van der Waals surface area contributed by atoms with Crippen molar-refractivity contribution in [3.05, 3.63) is 86.5 Å². The summed E-state index contributed by atoms with van der Waals surface area (Å²) in [5.74, 6) is 0.0486. The Morgan fingerprint density at radius 2 is 1.89 bits per heavy atom. The molecule has 0 radical (unpaired) electrons. The average Bonchev–Trinajstić information content (AvgIpc) is 3.04. The normalized spacial score (nSPS) is 10.9. The van der Waals surface area contributed by atoms with Crippen LogP contribution in [0.5, 0.6) is 0 Å². The maximum atomic E-state index is 12.7. The summed E-state index contributed by atoms with van der Waals surface area (Å²) in [5.41, 5.74) is 3.17. The number of fused-ring (bicyclic) bond motifs is 1. The topological polar surface area (TPSA) is 72.0 Å². The third-order valence-corrected chi connectivity index (χ3v) is 5.66. The molecule has 28 heavy (non-hydrogen) atoms. The van der Waals surface area contributed by atoms with E-state index >= 15 is 0 Å². The first-order valence-electron chi connectivity index (χ1n) is 8.84. The number of H-pyrrole nitrogens is 1. The maximum absolute atomic E-state index is 12.7. The SMILES string of the molecule is Cc1cccc(-c2nc3sc(C(=O)OCc4ccccc4)c(C)c3c(=O)[nH]2)c1. The van der Waals surface area contributed by atoms with Crippen molar-refractivity contribution in [2.45, 2.75) is 20.5 Å². The van der Waals surface area contributed by atoms with E-state index in [1.807, 2.05) is 61.5 Å². The van der Waals surface area contributed by atoms with Crippen LogP contribution in [0.3, 0.4) is 0 Å². The Balaban J connectivity index is 1.69. The van der Waals surface area contributed by atoms with Gasteiger partial charge >= 0.3 is 5.97 Å². The number of hydrogen-bond acceptors (Lipinski definition) is 5. The quantitative estimate of drug-likeness (QED) is 0.516. The van der Waals surface area contributed by atoms with Crippen molar-refractivity contribution >= 4 is 27.5 Å². The monoisotopic (exact) mass is 390 g/mol. The van der Waals surface area contributed by atoms with Gasteiger partial charge in [-0.2, -0.15) is 0 Å². The van der Waals surface area contributed by atoms with Gasteiger partial charge in [0.1, 0.15) is 22.1 Å². The van der Waals surface area contributed by atoms with Crippen LogP contribution in [-0.2, 0) is 11.3 Å². The summed E-state index contributed by atoms with van der Waals surface area (Å²) in [6.45, 7) is 3.92. The molecule has 0 spiro atoms. The van der Waals surface area contributed by atoms with Crippen molar-refractivity contribution in [1.29, 1.82) is 0 Å². The molecule has 140 valence electrons. The van der Waals surface area contributed by atoms with Gasteiger partial charge in [-0.25, -0.2) is 9.78 Å². The van der Waals surface area contributed by atoms with Gasteiger partial charge in [0.05, 0.1) is 5.39 Å². The van der Waals surface area contributed by atoms with Crippen molar-refractivity contribution in [1.82, 2.24) is 9.97 Å². The molecule has 2 heterocycles. The molecule has 2 aromatic heterocycles. The van der Waals surface area contributed by atoms with Crippen molar-refractivity contribution < 1.29 is 9.53 Å². The van der Waals surface area contributed by atoms with Crippen LogP contribution in [0.15, 0.2) is 59.4 Å². The Bertz CT molecular complexity index is 1230. The maximum Gasteiger partial charge on any atom is 0.349 e. The zero-order valence-electron chi connectivity index (χ0n) is 15.5. The van der Waals surface area contributed by atoms with Gasteiger partial charge in [0, 0.05) is 5.56 Å². The van der Waals surface area contributed by atoms with Gasteiger partial charge in [-0.15, -0.1) is 11.3 Å². The van der Waals surface area contributed by atoms with Gasteiger partial charge in [0.2, 0.25) is 0 Å². The molecule has 0 bridgehead atoms. The molecule has 0 amide bonds. The number of aryl methyl sites for hydroxylation is 2. The van der Waals surface area contributed by atoms with E-state index in [-0.39, 0.29) is 12.2 Å². The molecule has 0 saturated carbocycles. The first-order chi connectivity index (χ1) is 13.5. The minimum absolute atomic E-state index is 0.186. The summed E-state index contributed by atoms with van der Waals surface area (Å²) in [6, 6.07) is 17.2. The third-order valence-electron chi connectivity index (χ3n) is 4.49. The van der Waals surface area contributed by atoms with E-state index in [9.17, 15) is 9.59 Å². The van der Waals surface area contributed by atoms with Crippen LogP contribution in [0, 0.1) is 13.8 Å². The van der Waals surface area contributed by atoms with Crippen LogP contribution in [0.2, 0.25) is 0 Å². The summed E-state index contributed by atoms with van der Waals surface area (Å²) >= 11 is 1.19. The zero-order valence-corrected chi connectivity index (χ0v) is 16.3. The minimum Gasteiger partial charge on any atom is -0.457 e. The molecule has 0 aliphatic heterocycles. The molecule has 4 aromatic rings. The number of thiophene rings is 1. The van der Waals surface area contributed by atoms with E-state index in [0.717, 1.165) is 16.7 Å². The molecule has 2 aromatic carbocycles. The second-order valence-corrected chi connectivity index (χ2v) is 7.58. The largest absolute Gasteiger partial charge is 0.457 e. The van der Waals surface area contributed by atoms with Crippen LogP contribution in [0.4, 0.5) is 0 Å². The fourth-order valence-electron chi connectivity index (χ4n) is 3.06. The van der Waals surface area contributed by atoms with E-state index in [0.29, 0.717) is 26.5 Å². The Hall–Kier alpha value is -3.25. The Kier molecular flexibility index (Phi) is 4.79. The molecule has 0 aliphatic carbocycles. The molecule has 0 unspecified atom stereocenters. The summed E-state index contributed by atoms with van der Waals surface area (Å²) in [4.78, 5) is 33.6. The Labute approximate surface area is 165 Å². The number of hydrogen-bond donors (Lipinski definition) is 1. The first-order valence-corrected chi connectivity index (χ1v) is 9.66. The number of rotatable bonds is 4. The molecular formula is C22H18N2O3S. The van der Waals surface area contributed by atoms with Gasteiger partial charge in [-0.1, -0.05) is 54.1 Å². The predicted octanol–water partition coefficient (Wildman–Crippen LogP) is 4.63. The average molecular weight is 390 g/mol. The highest BCUT2D eigenvalue weighted by atomic mass is 32.1. The fourth-order valence-corrected chi connectivity index (χ4v) is 4.13. The summed E-state index contributed by atoms with van der Waals surface area (Å²) < 4.78 is 5.43. The number of carbonyl (C=O) groups is 1. The van der Waals surface area contributed by atoms with E-state index < -0.39 is 5.97 Å². The number of carbonyl (C=O) groups excluding carboxylic acids is 1. The highest BCUT2D eigenvalue weighted by molar-refractivity contribution is 7.20. The van der Waals surface area contributed by atoms with E-state index in [4.69, 9.17) is 4.74 Å². The molecule has 0 aliphatic rings. The predicted molar refractivity (Wildman–Crippen MR) is 111 cm³/mol. The van der Waals surface area contributed by atoms with Crippen molar-refractivity contribution in [3.63, 3.8) is 0 Å². The second kappa shape index (κ2) is 7.40. The first kappa shape index (κ1) is 18.1. The summed E-state index contributed by atoms with van der Waals surface area (Å²) in [6.07, 6.45) is 0. The summed E-state index contributed by atoms with van der Waals surface area (Å²) in [7, 11) is 0. The molecule has 1 N–H and O–H groups in total. The van der Waals surface area contributed by atoms with E-state index in [2.05, 4.69) is 9.97 Å². The molecule has 4 rings (SSSR count). The van der Waals surface area contributed by atoms with E-state index in [1.54, 1.807) is 6.92 Å². The number of nitrogens with one attached hydrogen (secondary N) is 1. The molecule has 0 fully saturated rings. The van der Waals surface area contributed by atoms with Crippen LogP contribution >= 0.6 is 11.3 Å².